The molecule has 0 amide bonds. The fourth-order valence-corrected chi connectivity index (χ4v) is 2.49. The van der Waals surface area contributed by atoms with E-state index < -0.39 is 5.97 Å². The maximum Gasteiger partial charge on any atom is 0.343 e. The van der Waals surface area contributed by atoms with Crippen LogP contribution in [0.25, 0.3) is 5.76 Å². The summed E-state index contributed by atoms with van der Waals surface area (Å²) in [5.74, 6) is -0.963. The normalized spacial score (nSPS) is 11.8. The fraction of sp³-hybridized carbons (Fsp3) is 0.105. The van der Waals surface area contributed by atoms with Crippen molar-refractivity contribution in [3.63, 3.8) is 0 Å². The van der Waals surface area contributed by atoms with Crippen LogP contribution in [0.5, 0.6) is 0 Å². The van der Waals surface area contributed by atoms with Gasteiger partial charge in [-0.3, -0.25) is 0 Å². The molecule has 0 aliphatic heterocycles. The molecule has 0 atom stereocenters. The molecule has 0 spiro atoms. The monoisotopic (exact) mass is 422 g/mol. The number of ether oxygens (including phenoxy) is 1. The number of aliphatic imine (C=N–C) groups is 1. The Balaban J connectivity index is 2.25. The number of halogens is 2. The highest BCUT2D eigenvalue weighted by molar-refractivity contribution is 7.80. The van der Waals surface area contributed by atoms with Crippen molar-refractivity contribution in [3.8, 4) is 0 Å². The third kappa shape index (κ3) is 6.06. The van der Waals surface area contributed by atoms with E-state index >= 15 is 0 Å². The number of thiocarbonyl (C=S) groups is 1. The molecule has 5 nitrogen and oxygen atoms in total. The van der Waals surface area contributed by atoms with Crippen molar-refractivity contribution < 1.29 is 14.6 Å². The lowest BCUT2D eigenvalue weighted by atomic mass is 10.1. The highest BCUT2D eigenvalue weighted by atomic mass is 35.5. The average molecular weight is 423 g/mol. The molecule has 0 radical (unpaired) electrons. The molecule has 2 aromatic rings. The van der Waals surface area contributed by atoms with Gasteiger partial charge in [0.05, 0.1) is 16.7 Å². The summed E-state index contributed by atoms with van der Waals surface area (Å²) in [4.78, 5) is 16.2. The van der Waals surface area contributed by atoms with Gasteiger partial charge in [0.1, 0.15) is 11.3 Å². The lowest BCUT2D eigenvalue weighted by Gasteiger charge is -2.08. The first-order chi connectivity index (χ1) is 12.9. The van der Waals surface area contributed by atoms with Gasteiger partial charge in [-0.05, 0) is 37.3 Å². The summed E-state index contributed by atoms with van der Waals surface area (Å²) >= 11 is 17.0. The molecule has 0 bridgehead atoms. The largest absolute Gasteiger partial charge is 0.506 e. The van der Waals surface area contributed by atoms with Crippen LogP contribution < -0.4 is 5.32 Å². The lowest BCUT2D eigenvalue weighted by Crippen LogP contribution is -2.13. The lowest BCUT2D eigenvalue weighted by molar-refractivity contribution is -0.137. The summed E-state index contributed by atoms with van der Waals surface area (Å²) in [6.45, 7) is 1.83. The van der Waals surface area contributed by atoms with Gasteiger partial charge in [-0.15, -0.1) is 0 Å². The highest BCUT2D eigenvalue weighted by Crippen LogP contribution is 2.25. The van der Waals surface area contributed by atoms with Crippen molar-refractivity contribution >= 4 is 64.2 Å². The Bertz CT molecular complexity index is 899. The van der Waals surface area contributed by atoms with Crippen molar-refractivity contribution in [1.82, 2.24) is 0 Å². The predicted molar refractivity (Wildman–Crippen MR) is 114 cm³/mol. The molecule has 2 aromatic carbocycles. The zero-order valence-electron chi connectivity index (χ0n) is 14.3. The summed E-state index contributed by atoms with van der Waals surface area (Å²) in [6.07, 6.45) is 1.16. The van der Waals surface area contributed by atoms with Crippen LogP contribution in [0.2, 0.25) is 10.0 Å². The van der Waals surface area contributed by atoms with E-state index in [2.05, 4.69) is 10.3 Å². The molecule has 0 fully saturated rings. The molecule has 0 saturated heterocycles. The van der Waals surface area contributed by atoms with Crippen LogP contribution in [0, 0.1) is 0 Å². The van der Waals surface area contributed by atoms with Gasteiger partial charge in [0.2, 0.25) is 0 Å². The Hall–Kier alpha value is -2.41. The second-order valence-electron chi connectivity index (χ2n) is 5.17. The Morgan fingerprint density at radius 3 is 2.56 bits per heavy atom. The number of esters is 1. The summed E-state index contributed by atoms with van der Waals surface area (Å²) in [5.41, 5.74) is 0.928. The number of nitrogens with zero attached hydrogens (tertiary/aromatic N) is 1. The number of hydrogen-bond donors (Lipinski definition) is 2. The molecular formula is C19H16Cl2N2O3S. The molecule has 0 aliphatic rings. The summed E-state index contributed by atoms with van der Waals surface area (Å²) in [5, 5.41) is 14.1. The third-order valence-corrected chi connectivity index (χ3v) is 4.23. The molecule has 0 heterocycles. The van der Waals surface area contributed by atoms with Crippen molar-refractivity contribution in [2.45, 2.75) is 6.92 Å². The number of aliphatic hydroxyl groups is 1. The highest BCUT2D eigenvalue weighted by Gasteiger charge is 2.16. The Labute approximate surface area is 172 Å². The van der Waals surface area contributed by atoms with Crippen LogP contribution in [0.1, 0.15) is 12.5 Å². The van der Waals surface area contributed by atoms with Gasteiger partial charge in [0, 0.05) is 17.5 Å². The molecule has 0 saturated carbocycles. The number of carbonyl (C=O) groups is 1. The van der Waals surface area contributed by atoms with Gasteiger partial charge in [-0.2, -0.15) is 0 Å². The van der Waals surface area contributed by atoms with E-state index in [9.17, 15) is 9.90 Å². The SMILES string of the molecule is CCOC(=O)C(/C=N/C(=S)Nc1ccc(Cl)c(Cl)c1)=C(/O)c1ccccc1. The van der Waals surface area contributed by atoms with E-state index in [1.807, 2.05) is 0 Å². The van der Waals surface area contributed by atoms with Crippen molar-refractivity contribution in [3.05, 3.63) is 69.7 Å². The van der Waals surface area contributed by atoms with Gasteiger partial charge in [0.25, 0.3) is 0 Å². The first-order valence-corrected chi connectivity index (χ1v) is 9.04. The summed E-state index contributed by atoms with van der Waals surface area (Å²) < 4.78 is 4.98. The second kappa shape index (κ2) is 10.1. The van der Waals surface area contributed by atoms with Crippen LogP contribution in [0.15, 0.2) is 59.1 Å². The van der Waals surface area contributed by atoms with Gasteiger partial charge in [0.15, 0.2) is 5.11 Å². The molecule has 0 unspecified atom stereocenters. The minimum atomic E-state index is -0.708. The van der Waals surface area contributed by atoms with E-state index in [0.717, 1.165) is 6.21 Å². The smallest absolute Gasteiger partial charge is 0.343 e. The Morgan fingerprint density at radius 1 is 1.22 bits per heavy atom. The zero-order valence-corrected chi connectivity index (χ0v) is 16.6. The topological polar surface area (TPSA) is 70.9 Å². The third-order valence-electron chi connectivity index (χ3n) is 3.28. The summed E-state index contributed by atoms with van der Waals surface area (Å²) in [7, 11) is 0. The number of anilines is 1. The van der Waals surface area contributed by atoms with Gasteiger partial charge in [-0.25, -0.2) is 9.79 Å². The van der Waals surface area contributed by atoms with E-state index in [4.69, 9.17) is 40.2 Å². The minimum absolute atomic E-state index is 0.0658. The second-order valence-corrected chi connectivity index (χ2v) is 6.37. The first-order valence-electron chi connectivity index (χ1n) is 7.88. The quantitative estimate of drug-likeness (QED) is 0.225. The molecule has 2 N–H and O–H groups in total. The number of rotatable bonds is 5. The van der Waals surface area contributed by atoms with Crippen LogP contribution in [-0.2, 0) is 9.53 Å². The number of benzene rings is 2. The summed E-state index contributed by atoms with van der Waals surface area (Å²) in [6, 6.07) is 13.5. The van der Waals surface area contributed by atoms with E-state index in [0.29, 0.717) is 21.3 Å². The van der Waals surface area contributed by atoms with Crippen molar-refractivity contribution in [2.24, 2.45) is 4.99 Å². The van der Waals surface area contributed by atoms with Crippen LogP contribution >= 0.6 is 35.4 Å². The Morgan fingerprint density at radius 2 is 1.93 bits per heavy atom. The number of hydrogen-bond acceptors (Lipinski definition) is 4. The van der Waals surface area contributed by atoms with Crippen LogP contribution in [0.4, 0.5) is 5.69 Å². The zero-order chi connectivity index (χ0) is 19.8. The number of aliphatic hydroxyl groups excluding tert-OH is 1. The standard InChI is InChI=1S/C19H16Cl2N2O3S/c1-2-26-18(25)14(17(24)12-6-4-3-5-7-12)11-22-19(27)23-13-8-9-15(20)16(21)10-13/h3-11,24H,2H2,1H3,(H,23,27)/b17-14+,22-11+. The minimum Gasteiger partial charge on any atom is -0.506 e. The maximum absolute atomic E-state index is 12.2. The Kier molecular flexibility index (Phi) is 7.79. The van der Waals surface area contributed by atoms with E-state index in [1.165, 1.54) is 0 Å². The molecular weight excluding hydrogens is 407 g/mol. The molecule has 2 rings (SSSR count). The van der Waals surface area contributed by atoms with Crippen LogP contribution in [0.3, 0.4) is 0 Å². The van der Waals surface area contributed by atoms with Gasteiger partial charge in [-0.1, -0.05) is 53.5 Å². The fourth-order valence-electron chi connectivity index (χ4n) is 2.02. The number of nitrogens with one attached hydrogen (secondary N) is 1. The maximum atomic E-state index is 12.2. The van der Waals surface area contributed by atoms with E-state index in [-0.39, 0.29) is 23.1 Å². The van der Waals surface area contributed by atoms with Gasteiger partial charge < -0.3 is 15.2 Å². The van der Waals surface area contributed by atoms with E-state index in [1.54, 1.807) is 55.5 Å². The predicted octanol–water partition coefficient (Wildman–Crippen LogP) is 5.29. The average Bonchev–Trinajstić information content (AvgIpc) is 2.65. The molecule has 0 aromatic heterocycles. The molecule has 0 aliphatic carbocycles. The molecule has 140 valence electrons. The number of carbonyl (C=O) groups excluding carboxylic acids is 1. The van der Waals surface area contributed by atoms with Crippen molar-refractivity contribution in [2.75, 3.05) is 11.9 Å². The van der Waals surface area contributed by atoms with Crippen molar-refractivity contribution in [1.29, 1.82) is 0 Å². The van der Waals surface area contributed by atoms with Crippen LogP contribution in [-0.4, -0.2) is 29.0 Å². The molecule has 8 heteroatoms. The van der Waals surface area contributed by atoms with Gasteiger partial charge >= 0.3 is 5.97 Å². The molecule has 27 heavy (non-hydrogen) atoms. The first kappa shape index (κ1) is 20.9.